The molecule has 0 aliphatic heterocycles. The van der Waals surface area contributed by atoms with Crippen molar-refractivity contribution >= 4 is 17.5 Å². The summed E-state index contributed by atoms with van der Waals surface area (Å²) in [5.41, 5.74) is 4.32. The Morgan fingerprint density at radius 1 is 1.10 bits per heavy atom. The van der Waals surface area contributed by atoms with Crippen LogP contribution in [-0.2, 0) is 5.75 Å². The van der Waals surface area contributed by atoms with Crippen LogP contribution in [0.5, 0.6) is 0 Å². The molecule has 0 aliphatic rings. The molecule has 0 bridgehead atoms. The maximum atomic E-state index is 12.5. The van der Waals surface area contributed by atoms with Gasteiger partial charge in [0.05, 0.1) is 5.25 Å². The predicted octanol–water partition coefficient (Wildman–Crippen LogP) is 4.81. The Balaban J connectivity index is 2.03. The first kappa shape index (κ1) is 14.9. The summed E-state index contributed by atoms with van der Waals surface area (Å²) in [5, 5.41) is -0.0179. The smallest absolute Gasteiger partial charge is 0.175 e. The van der Waals surface area contributed by atoms with Gasteiger partial charge in [0.2, 0.25) is 0 Å². The van der Waals surface area contributed by atoms with Gasteiger partial charge in [-0.15, -0.1) is 11.8 Å². The molecule has 104 valence electrons. The van der Waals surface area contributed by atoms with E-state index in [9.17, 15) is 4.79 Å². The second kappa shape index (κ2) is 6.76. The van der Waals surface area contributed by atoms with E-state index in [0.717, 1.165) is 22.4 Å². The van der Waals surface area contributed by atoms with Crippen molar-refractivity contribution in [1.29, 1.82) is 0 Å². The van der Waals surface area contributed by atoms with E-state index in [1.54, 1.807) is 11.8 Å². The number of Topliss-reactive ketones (excluding diaryl/α,β-unsaturated/α-hetero) is 1. The van der Waals surface area contributed by atoms with Crippen molar-refractivity contribution in [2.45, 2.75) is 31.8 Å². The van der Waals surface area contributed by atoms with E-state index in [4.69, 9.17) is 0 Å². The molecule has 1 unspecified atom stereocenters. The first-order valence-electron chi connectivity index (χ1n) is 6.85. The summed E-state index contributed by atoms with van der Waals surface area (Å²) in [5.74, 6) is 1.10. The van der Waals surface area contributed by atoms with Crippen LogP contribution in [0.15, 0.2) is 48.5 Å². The van der Waals surface area contributed by atoms with E-state index in [2.05, 4.69) is 12.1 Å². The van der Waals surface area contributed by atoms with Crippen LogP contribution in [0.25, 0.3) is 0 Å². The first-order valence-corrected chi connectivity index (χ1v) is 7.90. The number of rotatable bonds is 5. The maximum Gasteiger partial charge on any atom is 0.175 e. The normalized spacial score (nSPS) is 12.2. The summed E-state index contributed by atoms with van der Waals surface area (Å²) < 4.78 is 0. The standard InChI is InChI=1S/C18H20OS/c1-13-9-10-14(2)17(11-13)18(19)15(3)20-12-16-7-5-4-6-8-16/h4-11,15H,12H2,1-3H3. The molecule has 0 radical (unpaired) electrons. The van der Waals surface area contributed by atoms with E-state index in [0.29, 0.717) is 0 Å². The second-order valence-corrected chi connectivity index (χ2v) is 6.45. The SMILES string of the molecule is Cc1ccc(C)c(C(=O)C(C)SCc2ccccc2)c1. The fraction of sp³-hybridized carbons (Fsp3) is 0.278. The van der Waals surface area contributed by atoms with Gasteiger partial charge in [0.1, 0.15) is 0 Å². The third-order valence-electron chi connectivity index (χ3n) is 3.37. The van der Waals surface area contributed by atoms with Crippen LogP contribution < -0.4 is 0 Å². The van der Waals surface area contributed by atoms with Gasteiger partial charge in [0, 0.05) is 11.3 Å². The van der Waals surface area contributed by atoms with Crippen molar-refractivity contribution in [1.82, 2.24) is 0 Å². The largest absolute Gasteiger partial charge is 0.293 e. The quantitative estimate of drug-likeness (QED) is 0.733. The highest BCUT2D eigenvalue weighted by Crippen LogP contribution is 2.23. The Labute approximate surface area is 125 Å². The molecule has 2 rings (SSSR count). The van der Waals surface area contributed by atoms with Crippen molar-refractivity contribution in [3.05, 3.63) is 70.8 Å². The Morgan fingerprint density at radius 3 is 2.50 bits per heavy atom. The first-order chi connectivity index (χ1) is 9.58. The van der Waals surface area contributed by atoms with Crippen molar-refractivity contribution in [3.8, 4) is 0 Å². The minimum atomic E-state index is -0.0179. The number of aryl methyl sites for hydroxylation is 2. The Morgan fingerprint density at radius 2 is 1.80 bits per heavy atom. The van der Waals surface area contributed by atoms with E-state index in [1.807, 2.05) is 57.2 Å². The summed E-state index contributed by atoms with van der Waals surface area (Å²) in [6.07, 6.45) is 0. The molecule has 0 fully saturated rings. The van der Waals surface area contributed by atoms with Crippen LogP contribution in [-0.4, -0.2) is 11.0 Å². The summed E-state index contributed by atoms with van der Waals surface area (Å²) in [7, 11) is 0. The number of ketones is 1. The van der Waals surface area contributed by atoms with Gasteiger partial charge >= 0.3 is 0 Å². The molecule has 20 heavy (non-hydrogen) atoms. The Hall–Kier alpha value is -1.54. The zero-order valence-corrected chi connectivity index (χ0v) is 13.0. The average Bonchev–Trinajstić information content (AvgIpc) is 2.47. The van der Waals surface area contributed by atoms with Crippen molar-refractivity contribution in [2.24, 2.45) is 0 Å². The van der Waals surface area contributed by atoms with Crippen LogP contribution in [0.1, 0.15) is 34.0 Å². The molecule has 2 heteroatoms. The third-order valence-corrected chi connectivity index (χ3v) is 4.58. The number of thioether (sulfide) groups is 1. The molecule has 2 aromatic carbocycles. The maximum absolute atomic E-state index is 12.5. The van der Waals surface area contributed by atoms with Gasteiger partial charge in [-0.3, -0.25) is 4.79 Å². The zero-order chi connectivity index (χ0) is 14.5. The Kier molecular flexibility index (Phi) is 5.02. The van der Waals surface area contributed by atoms with Gasteiger partial charge in [-0.1, -0.05) is 48.0 Å². The van der Waals surface area contributed by atoms with Gasteiger partial charge < -0.3 is 0 Å². The molecular formula is C18H20OS. The lowest BCUT2D eigenvalue weighted by Gasteiger charge is -2.13. The number of hydrogen-bond acceptors (Lipinski definition) is 2. The highest BCUT2D eigenvalue weighted by molar-refractivity contribution is 7.99. The molecule has 0 saturated heterocycles. The molecule has 0 amide bonds. The van der Waals surface area contributed by atoms with Crippen LogP contribution in [0.2, 0.25) is 0 Å². The summed E-state index contributed by atoms with van der Waals surface area (Å²) in [4.78, 5) is 12.5. The predicted molar refractivity (Wildman–Crippen MR) is 87.4 cm³/mol. The molecule has 1 atom stereocenters. The Bertz CT molecular complexity index is 590. The van der Waals surface area contributed by atoms with Crippen molar-refractivity contribution < 1.29 is 4.79 Å². The molecule has 0 aromatic heterocycles. The molecule has 0 aliphatic carbocycles. The van der Waals surface area contributed by atoms with Gasteiger partial charge in [-0.2, -0.15) is 0 Å². The van der Waals surface area contributed by atoms with Gasteiger partial charge in [0.25, 0.3) is 0 Å². The molecule has 0 spiro atoms. The van der Waals surface area contributed by atoms with Crippen LogP contribution in [0, 0.1) is 13.8 Å². The number of carbonyl (C=O) groups is 1. The second-order valence-electron chi connectivity index (χ2n) is 5.12. The lowest BCUT2D eigenvalue weighted by atomic mass is 10.0. The minimum absolute atomic E-state index is 0.0179. The average molecular weight is 284 g/mol. The highest BCUT2D eigenvalue weighted by Gasteiger charge is 2.17. The number of carbonyl (C=O) groups excluding carboxylic acids is 1. The van der Waals surface area contributed by atoms with Gasteiger partial charge in [-0.25, -0.2) is 0 Å². The fourth-order valence-corrected chi connectivity index (χ4v) is 3.00. The zero-order valence-electron chi connectivity index (χ0n) is 12.2. The van der Waals surface area contributed by atoms with E-state index < -0.39 is 0 Å². The lowest BCUT2D eigenvalue weighted by molar-refractivity contribution is 0.0993. The van der Waals surface area contributed by atoms with Gasteiger partial charge in [0.15, 0.2) is 5.78 Å². The van der Waals surface area contributed by atoms with Crippen LogP contribution in [0.4, 0.5) is 0 Å². The minimum Gasteiger partial charge on any atom is -0.293 e. The molecule has 1 nitrogen and oxygen atoms in total. The number of benzene rings is 2. The summed E-state index contributed by atoms with van der Waals surface area (Å²) in [6, 6.07) is 16.4. The van der Waals surface area contributed by atoms with Gasteiger partial charge in [-0.05, 0) is 38.0 Å². The molecular weight excluding hydrogens is 264 g/mol. The van der Waals surface area contributed by atoms with Crippen molar-refractivity contribution in [3.63, 3.8) is 0 Å². The summed E-state index contributed by atoms with van der Waals surface area (Å²) in [6.45, 7) is 6.02. The lowest BCUT2D eigenvalue weighted by Crippen LogP contribution is -2.15. The van der Waals surface area contributed by atoms with E-state index >= 15 is 0 Å². The van der Waals surface area contributed by atoms with E-state index in [-0.39, 0.29) is 11.0 Å². The highest BCUT2D eigenvalue weighted by atomic mass is 32.2. The third kappa shape index (κ3) is 3.73. The molecule has 0 saturated carbocycles. The topological polar surface area (TPSA) is 17.1 Å². The number of hydrogen-bond donors (Lipinski definition) is 0. The fourth-order valence-electron chi connectivity index (χ4n) is 2.09. The van der Waals surface area contributed by atoms with Crippen LogP contribution >= 0.6 is 11.8 Å². The molecule has 2 aromatic rings. The monoisotopic (exact) mass is 284 g/mol. The van der Waals surface area contributed by atoms with Crippen molar-refractivity contribution in [2.75, 3.05) is 0 Å². The van der Waals surface area contributed by atoms with Crippen LogP contribution in [0.3, 0.4) is 0 Å². The molecule has 0 N–H and O–H groups in total. The molecule has 0 heterocycles. The summed E-state index contributed by atoms with van der Waals surface area (Å²) >= 11 is 1.70. The van der Waals surface area contributed by atoms with E-state index in [1.165, 1.54) is 5.56 Å².